The number of nitrogens with zero attached hydrogens (tertiary/aromatic N) is 4. The Morgan fingerprint density at radius 3 is 2.66 bits per heavy atom. The van der Waals surface area contributed by atoms with Crippen LogP contribution in [0.4, 0.5) is 5.69 Å². The van der Waals surface area contributed by atoms with Crippen molar-refractivity contribution in [1.29, 1.82) is 0 Å². The Hall–Kier alpha value is -2.93. The molecule has 1 aliphatic rings. The van der Waals surface area contributed by atoms with Crippen LogP contribution in [0.15, 0.2) is 47.6 Å². The second kappa shape index (κ2) is 9.69. The van der Waals surface area contributed by atoms with Crippen LogP contribution < -0.4 is 9.64 Å². The van der Waals surface area contributed by atoms with Crippen molar-refractivity contribution in [3.8, 4) is 17.1 Å². The van der Waals surface area contributed by atoms with Gasteiger partial charge < -0.3 is 4.74 Å². The third-order valence-electron chi connectivity index (χ3n) is 5.63. The number of hydrogen-bond acceptors (Lipinski definition) is 6. The fourth-order valence-electron chi connectivity index (χ4n) is 3.66. The number of thioether (sulfide) groups is 1. The van der Waals surface area contributed by atoms with Crippen LogP contribution in [0.1, 0.15) is 56.0 Å². The van der Waals surface area contributed by atoms with E-state index >= 15 is 0 Å². The number of anilines is 1. The summed E-state index contributed by atoms with van der Waals surface area (Å²) >= 11 is 1.57. The molecular weight excluding hydrogens is 420 g/mol. The van der Waals surface area contributed by atoms with E-state index in [2.05, 4.69) is 43.1 Å². The highest BCUT2D eigenvalue weighted by atomic mass is 32.2. The number of fused-ring (bicyclic) bond motifs is 3. The minimum absolute atomic E-state index is 0.0287. The van der Waals surface area contributed by atoms with Crippen molar-refractivity contribution in [2.45, 2.75) is 58.3 Å². The van der Waals surface area contributed by atoms with E-state index in [1.807, 2.05) is 37.3 Å². The van der Waals surface area contributed by atoms with Crippen molar-refractivity contribution in [3.63, 3.8) is 0 Å². The van der Waals surface area contributed by atoms with Crippen LogP contribution in [0, 0.1) is 13.8 Å². The minimum Gasteiger partial charge on any atom is -0.447 e. The van der Waals surface area contributed by atoms with Crippen LogP contribution in [0.3, 0.4) is 0 Å². The average Bonchev–Trinajstić information content (AvgIpc) is 2.95. The monoisotopic (exact) mass is 448 g/mol. The fourth-order valence-corrected chi connectivity index (χ4v) is 4.52. The standard InChI is InChI=1S/C25H28N4O2S/c1-5-7-14-32-25-26-23-22(27-28-25)19-10-8-9-11-20(19)29(21(30)6-2)24(31-23)18-13-12-16(3)17(4)15-18/h8-13,15,24H,5-7,14H2,1-4H3/t24-/m1/s1. The molecule has 0 N–H and O–H groups in total. The van der Waals surface area contributed by atoms with E-state index in [1.165, 1.54) is 5.56 Å². The lowest BCUT2D eigenvalue weighted by molar-refractivity contribution is -0.120. The summed E-state index contributed by atoms with van der Waals surface area (Å²) in [5.74, 6) is 1.30. The maximum absolute atomic E-state index is 13.2. The normalized spacial score (nSPS) is 14.9. The maximum atomic E-state index is 13.2. The average molecular weight is 449 g/mol. The van der Waals surface area contributed by atoms with E-state index in [0.29, 0.717) is 23.2 Å². The van der Waals surface area contributed by atoms with Gasteiger partial charge in [0.05, 0.1) is 5.69 Å². The fraction of sp³-hybridized carbons (Fsp3) is 0.360. The number of rotatable bonds is 6. The van der Waals surface area contributed by atoms with Gasteiger partial charge in [0.25, 0.3) is 0 Å². The molecule has 0 fully saturated rings. The first-order chi connectivity index (χ1) is 15.5. The van der Waals surface area contributed by atoms with E-state index in [4.69, 9.17) is 9.72 Å². The molecule has 4 rings (SSSR count). The van der Waals surface area contributed by atoms with Gasteiger partial charge in [0.1, 0.15) is 0 Å². The van der Waals surface area contributed by atoms with E-state index < -0.39 is 6.23 Å². The van der Waals surface area contributed by atoms with Crippen molar-refractivity contribution in [2.75, 3.05) is 10.7 Å². The van der Waals surface area contributed by atoms with Crippen molar-refractivity contribution >= 4 is 23.4 Å². The number of ether oxygens (including phenoxy) is 1. The zero-order chi connectivity index (χ0) is 22.7. The Labute approximate surface area is 193 Å². The summed E-state index contributed by atoms with van der Waals surface area (Å²) in [7, 11) is 0. The Morgan fingerprint density at radius 2 is 1.91 bits per heavy atom. The van der Waals surface area contributed by atoms with E-state index in [1.54, 1.807) is 16.7 Å². The van der Waals surface area contributed by atoms with Crippen LogP contribution in [0.25, 0.3) is 11.3 Å². The van der Waals surface area contributed by atoms with Gasteiger partial charge in [-0.05, 0) is 37.5 Å². The number of hydrogen-bond donors (Lipinski definition) is 0. The lowest BCUT2D eigenvalue weighted by Crippen LogP contribution is -2.37. The Kier molecular flexibility index (Phi) is 6.74. The third-order valence-corrected chi connectivity index (χ3v) is 6.55. The predicted molar refractivity (Wildman–Crippen MR) is 128 cm³/mol. The summed E-state index contributed by atoms with van der Waals surface area (Å²) < 4.78 is 6.48. The van der Waals surface area contributed by atoms with Gasteiger partial charge in [0, 0.05) is 23.3 Å². The molecule has 0 radical (unpaired) electrons. The van der Waals surface area contributed by atoms with Gasteiger partial charge >= 0.3 is 0 Å². The first-order valence-electron chi connectivity index (χ1n) is 11.1. The molecule has 166 valence electrons. The predicted octanol–water partition coefficient (Wildman–Crippen LogP) is 5.88. The van der Waals surface area contributed by atoms with Crippen molar-refractivity contribution in [3.05, 3.63) is 59.2 Å². The molecule has 32 heavy (non-hydrogen) atoms. The van der Waals surface area contributed by atoms with E-state index in [9.17, 15) is 4.79 Å². The number of para-hydroxylation sites is 1. The molecule has 2 heterocycles. The molecule has 0 saturated carbocycles. The molecule has 1 atom stereocenters. The molecule has 0 unspecified atom stereocenters. The van der Waals surface area contributed by atoms with Gasteiger partial charge in [-0.3, -0.25) is 9.69 Å². The summed E-state index contributed by atoms with van der Waals surface area (Å²) in [5, 5.41) is 9.41. The number of unbranched alkanes of at least 4 members (excludes halogenated alkanes) is 1. The number of amides is 1. The molecule has 0 bridgehead atoms. The van der Waals surface area contributed by atoms with Crippen LogP contribution in [-0.2, 0) is 4.79 Å². The van der Waals surface area contributed by atoms with Gasteiger partial charge in [0.2, 0.25) is 23.2 Å². The van der Waals surface area contributed by atoms with Crippen molar-refractivity contribution < 1.29 is 9.53 Å². The van der Waals surface area contributed by atoms with Gasteiger partial charge in [-0.15, -0.1) is 10.2 Å². The molecule has 1 amide bonds. The molecule has 2 aromatic carbocycles. The SMILES string of the molecule is CCCCSc1nnc2c(n1)O[C@H](c1ccc(C)c(C)c1)N(C(=O)CC)c1ccccc1-2. The summed E-state index contributed by atoms with van der Waals surface area (Å²) in [6.07, 6.45) is 1.90. The Balaban J connectivity index is 1.87. The van der Waals surface area contributed by atoms with E-state index in [-0.39, 0.29) is 5.91 Å². The van der Waals surface area contributed by atoms with Gasteiger partial charge in [-0.2, -0.15) is 4.98 Å². The smallest absolute Gasteiger partial charge is 0.247 e. The first-order valence-corrected chi connectivity index (χ1v) is 12.0. The zero-order valence-electron chi connectivity index (χ0n) is 19.0. The number of carbonyl (C=O) groups excluding carboxylic acids is 1. The Bertz CT molecular complexity index is 1130. The van der Waals surface area contributed by atoms with E-state index in [0.717, 1.165) is 41.0 Å². The summed E-state index contributed by atoms with van der Waals surface area (Å²) in [5.41, 5.74) is 5.33. The van der Waals surface area contributed by atoms with Crippen molar-refractivity contribution in [1.82, 2.24) is 15.2 Å². The number of aromatic nitrogens is 3. The molecule has 0 spiro atoms. The van der Waals surface area contributed by atoms with Crippen LogP contribution in [0.2, 0.25) is 0 Å². The molecule has 6 nitrogen and oxygen atoms in total. The second-order valence-electron chi connectivity index (χ2n) is 7.90. The second-order valence-corrected chi connectivity index (χ2v) is 8.96. The lowest BCUT2D eigenvalue weighted by atomic mass is 10.0. The van der Waals surface area contributed by atoms with Crippen LogP contribution in [-0.4, -0.2) is 26.8 Å². The molecule has 3 aromatic rings. The van der Waals surface area contributed by atoms with Gasteiger partial charge in [0.15, 0.2) is 5.69 Å². The first kappa shape index (κ1) is 22.3. The van der Waals surface area contributed by atoms with Crippen LogP contribution in [0.5, 0.6) is 5.88 Å². The summed E-state index contributed by atoms with van der Waals surface area (Å²) in [6.45, 7) is 8.16. The molecule has 0 saturated heterocycles. The summed E-state index contributed by atoms with van der Waals surface area (Å²) in [4.78, 5) is 19.6. The molecule has 0 aliphatic carbocycles. The highest BCUT2D eigenvalue weighted by Crippen LogP contribution is 2.43. The molecular formula is C25H28N4O2S. The highest BCUT2D eigenvalue weighted by Gasteiger charge is 2.35. The van der Waals surface area contributed by atoms with Crippen molar-refractivity contribution in [2.24, 2.45) is 0 Å². The molecule has 7 heteroatoms. The largest absolute Gasteiger partial charge is 0.447 e. The highest BCUT2D eigenvalue weighted by molar-refractivity contribution is 7.99. The maximum Gasteiger partial charge on any atom is 0.247 e. The third kappa shape index (κ3) is 4.35. The topological polar surface area (TPSA) is 68.2 Å². The molecule has 1 aromatic heterocycles. The lowest BCUT2D eigenvalue weighted by Gasteiger charge is -2.31. The quantitative estimate of drug-likeness (QED) is 0.346. The zero-order valence-corrected chi connectivity index (χ0v) is 19.8. The van der Waals surface area contributed by atoms with Crippen LogP contribution >= 0.6 is 11.8 Å². The molecule has 1 aliphatic heterocycles. The van der Waals surface area contributed by atoms with Gasteiger partial charge in [-0.1, -0.05) is 68.4 Å². The number of benzene rings is 2. The van der Waals surface area contributed by atoms with Gasteiger partial charge in [-0.25, -0.2) is 0 Å². The number of aryl methyl sites for hydroxylation is 2. The summed E-state index contributed by atoms with van der Waals surface area (Å²) in [6, 6.07) is 13.9. The minimum atomic E-state index is -0.644. The number of carbonyl (C=O) groups is 1. The Morgan fingerprint density at radius 1 is 1.09 bits per heavy atom.